The lowest BCUT2D eigenvalue weighted by Crippen LogP contribution is -1.92. The Morgan fingerprint density at radius 3 is 1.89 bits per heavy atom. The Kier molecular flexibility index (Phi) is 3.07. The van der Waals surface area contributed by atoms with Crippen LogP contribution >= 0.6 is 0 Å². The monoisotopic (exact) mass is 249 g/mol. The molecule has 1 aromatic heterocycles. The van der Waals surface area contributed by atoms with Gasteiger partial charge in [0, 0.05) is 17.3 Å². The third-order valence-electron chi connectivity index (χ3n) is 3.01. The quantitative estimate of drug-likeness (QED) is 0.649. The van der Waals surface area contributed by atoms with Gasteiger partial charge in [-0.25, -0.2) is 4.39 Å². The summed E-state index contributed by atoms with van der Waals surface area (Å²) in [5.41, 5.74) is 2.98. The summed E-state index contributed by atoms with van der Waals surface area (Å²) in [4.78, 5) is 4.35. The number of benzene rings is 2. The van der Waals surface area contributed by atoms with Gasteiger partial charge in [0.15, 0.2) is 0 Å². The zero-order valence-corrected chi connectivity index (χ0v) is 10.3. The zero-order valence-electron chi connectivity index (χ0n) is 10.3. The summed E-state index contributed by atoms with van der Waals surface area (Å²) in [5.74, 6) is -0.250. The number of hydrogen-bond donors (Lipinski definition) is 0. The fourth-order valence-corrected chi connectivity index (χ4v) is 2.13. The minimum atomic E-state index is -0.250. The van der Waals surface area contributed by atoms with Crippen LogP contribution in [0.1, 0.15) is 0 Å². The molecule has 0 fully saturated rings. The third-order valence-corrected chi connectivity index (χ3v) is 3.01. The molecule has 1 nitrogen and oxygen atoms in total. The van der Waals surface area contributed by atoms with Crippen LogP contribution in [-0.2, 0) is 0 Å². The van der Waals surface area contributed by atoms with Gasteiger partial charge >= 0.3 is 0 Å². The molecule has 0 radical (unpaired) electrons. The van der Waals surface area contributed by atoms with Gasteiger partial charge in [0.1, 0.15) is 5.82 Å². The molecular formula is C17H12FN. The summed E-state index contributed by atoms with van der Waals surface area (Å²) < 4.78 is 14.2. The van der Waals surface area contributed by atoms with E-state index >= 15 is 0 Å². The molecule has 0 saturated heterocycles. The number of rotatable bonds is 2. The van der Waals surface area contributed by atoms with E-state index in [9.17, 15) is 4.39 Å². The third kappa shape index (κ3) is 2.25. The van der Waals surface area contributed by atoms with E-state index in [4.69, 9.17) is 0 Å². The predicted molar refractivity (Wildman–Crippen MR) is 75.1 cm³/mol. The van der Waals surface area contributed by atoms with Crippen molar-refractivity contribution in [1.29, 1.82) is 0 Å². The highest BCUT2D eigenvalue weighted by atomic mass is 19.1. The van der Waals surface area contributed by atoms with Crippen molar-refractivity contribution < 1.29 is 4.39 Å². The van der Waals surface area contributed by atoms with Crippen LogP contribution in [0.3, 0.4) is 0 Å². The maximum absolute atomic E-state index is 14.2. The molecule has 1 heterocycles. The Morgan fingerprint density at radius 2 is 1.26 bits per heavy atom. The molecule has 0 spiro atoms. The van der Waals surface area contributed by atoms with E-state index in [2.05, 4.69) is 4.98 Å². The summed E-state index contributed by atoms with van der Waals surface area (Å²) in [6.07, 6.45) is 1.50. The number of nitrogens with zero attached hydrogens (tertiary/aromatic N) is 1. The molecule has 2 aromatic carbocycles. The number of aromatic nitrogens is 1. The minimum absolute atomic E-state index is 0.250. The second kappa shape index (κ2) is 5.02. The molecule has 3 rings (SSSR count). The first-order valence-corrected chi connectivity index (χ1v) is 6.11. The van der Waals surface area contributed by atoms with Crippen LogP contribution in [0.15, 0.2) is 72.9 Å². The lowest BCUT2D eigenvalue weighted by molar-refractivity contribution is 0.630. The summed E-state index contributed by atoms with van der Waals surface area (Å²) in [5, 5.41) is 0. The van der Waals surface area contributed by atoms with Gasteiger partial charge in [-0.1, -0.05) is 60.7 Å². The molecule has 0 aliphatic carbocycles. The van der Waals surface area contributed by atoms with Gasteiger partial charge in [-0.3, -0.25) is 4.98 Å². The first-order chi connectivity index (χ1) is 9.36. The molecule has 0 aliphatic rings. The molecule has 0 aliphatic heterocycles. The van der Waals surface area contributed by atoms with Crippen LogP contribution < -0.4 is 0 Å². The molecule has 0 atom stereocenters. The summed E-state index contributed by atoms with van der Waals surface area (Å²) >= 11 is 0. The van der Waals surface area contributed by atoms with Gasteiger partial charge < -0.3 is 0 Å². The standard InChI is InChI=1S/C17H12FN/c18-15-11-12-19-17(14-9-5-2-6-10-14)16(15)13-7-3-1-4-8-13/h1-12H. The van der Waals surface area contributed by atoms with E-state index in [1.54, 1.807) is 0 Å². The van der Waals surface area contributed by atoms with Crippen molar-refractivity contribution in [3.63, 3.8) is 0 Å². The van der Waals surface area contributed by atoms with Crippen molar-refractivity contribution in [3.05, 3.63) is 78.7 Å². The lowest BCUT2D eigenvalue weighted by atomic mass is 9.99. The maximum atomic E-state index is 14.2. The molecule has 2 heteroatoms. The number of halogens is 1. The summed E-state index contributed by atoms with van der Waals surface area (Å²) in [7, 11) is 0. The van der Waals surface area contributed by atoms with Crippen LogP contribution in [0.25, 0.3) is 22.4 Å². The van der Waals surface area contributed by atoms with E-state index in [1.807, 2.05) is 60.7 Å². The Balaban J connectivity index is 2.25. The molecule has 19 heavy (non-hydrogen) atoms. The minimum Gasteiger partial charge on any atom is -0.255 e. The van der Waals surface area contributed by atoms with Gasteiger partial charge in [0.25, 0.3) is 0 Å². The first kappa shape index (κ1) is 11.6. The molecule has 0 bridgehead atoms. The van der Waals surface area contributed by atoms with Crippen LogP contribution in [0.5, 0.6) is 0 Å². The first-order valence-electron chi connectivity index (χ1n) is 6.11. The van der Waals surface area contributed by atoms with Crippen LogP contribution in [0.4, 0.5) is 4.39 Å². The molecular weight excluding hydrogens is 237 g/mol. The van der Waals surface area contributed by atoms with E-state index < -0.39 is 0 Å². The van der Waals surface area contributed by atoms with E-state index in [-0.39, 0.29) is 5.82 Å². The topological polar surface area (TPSA) is 12.9 Å². The molecule has 3 aromatic rings. The average molecular weight is 249 g/mol. The fourth-order valence-electron chi connectivity index (χ4n) is 2.13. The highest BCUT2D eigenvalue weighted by Gasteiger charge is 2.13. The Hall–Kier alpha value is -2.48. The largest absolute Gasteiger partial charge is 0.255 e. The summed E-state index contributed by atoms with van der Waals surface area (Å²) in [6.45, 7) is 0. The van der Waals surface area contributed by atoms with Crippen molar-refractivity contribution in [2.75, 3.05) is 0 Å². The van der Waals surface area contributed by atoms with Gasteiger partial charge in [-0.2, -0.15) is 0 Å². The predicted octanol–water partition coefficient (Wildman–Crippen LogP) is 4.55. The molecule has 92 valence electrons. The second-order valence-electron chi connectivity index (χ2n) is 4.25. The van der Waals surface area contributed by atoms with Crippen molar-refractivity contribution >= 4 is 0 Å². The van der Waals surface area contributed by atoms with Crippen molar-refractivity contribution in [2.24, 2.45) is 0 Å². The maximum Gasteiger partial charge on any atom is 0.134 e. The van der Waals surface area contributed by atoms with Crippen molar-refractivity contribution in [1.82, 2.24) is 4.98 Å². The Bertz CT molecular complexity index is 678. The van der Waals surface area contributed by atoms with Gasteiger partial charge in [0.2, 0.25) is 0 Å². The number of hydrogen-bond acceptors (Lipinski definition) is 1. The van der Waals surface area contributed by atoms with Crippen molar-refractivity contribution in [2.45, 2.75) is 0 Å². The molecule has 0 N–H and O–H groups in total. The molecule has 0 saturated carbocycles. The van der Waals surface area contributed by atoms with Gasteiger partial charge in [0.05, 0.1) is 5.69 Å². The zero-order chi connectivity index (χ0) is 13.1. The molecule has 0 unspecified atom stereocenters. The van der Waals surface area contributed by atoms with E-state index in [0.717, 1.165) is 11.1 Å². The van der Waals surface area contributed by atoms with Crippen molar-refractivity contribution in [3.8, 4) is 22.4 Å². The van der Waals surface area contributed by atoms with Crippen LogP contribution in [-0.4, -0.2) is 4.98 Å². The van der Waals surface area contributed by atoms with Crippen LogP contribution in [0, 0.1) is 5.82 Å². The second-order valence-corrected chi connectivity index (χ2v) is 4.25. The van der Waals surface area contributed by atoms with Crippen LogP contribution in [0.2, 0.25) is 0 Å². The van der Waals surface area contributed by atoms with Gasteiger partial charge in [-0.15, -0.1) is 0 Å². The average Bonchev–Trinajstić information content (AvgIpc) is 2.49. The van der Waals surface area contributed by atoms with Gasteiger partial charge in [-0.05, 0) is 11.6 Å². The Morgan fingerprint density at radius 1 is 0.684 bits per heavy atom. The smallest absolute Gasteiger partial charge is 0.134 e. The Labute approximate surface area is 111 Å². The van der Waals surface area contributed by atoms with E-state index in [0.29, 0.717) is 11.3 Å². The number of pyridine rings is 1. The van der Waals surface area contributed by atoms with E-state index in [1.165, 1.54) is 12.3 Å². The highest BCUT2D eigenvalue weighted by Crippen LogP contribution is 2.32. The molecule has 0 amide bonds. The normalized spacial score (nSPS) is 10.4. The summed E-state index contributed by atoms with van der Waals surface area (Å²) in [6, 6.07) is 20.6. The highest BCUT2D eigenvalue weighted by molar-refractivity contribution is 5.80. The SMILES string of the molecule is Fc1ccnc(-c2ccccc2)c1-c1ccccc1. The fraction of sp³-hybridized carbons (Fsp3) is 0. The lowest BCUT2D eigenvalue weighted by Gasteiger charge is -2.10.